The lowest BCUT2D eigenvalue weighted by Gasteiger charge is -2.11. The molecule has 40 heavy (non-hydrogen) atoms. The number of para-hydroxylation sites is 1. The maximum Gasteiger partial charge on any atom is 0.197 e. The molecule has 0 saturated carbocycles. The van der Waals surface area contributed by atoms with Crippen LogP contribution in [0.1, 0.15) is 43.2 Å². The molecular weight excluding hydrogens is 496 g/mol. The van der Waals surface area contributed by atoms with Crippen molar-refractivity contribution in [2.75, 3.05) is 0 Å². The van der Waals surface area contributed by atoms with Crippen molar-refractivity contribution in [3.8, 4) is 17.1 Å². The van der Waals surface area contributed by atoms with Crippen LogP contribution in [0, 0.1) is 20.8 Å². The number of Topliss-reactive ketones (excluding diaryl/α,β-unsaturated/α-hetero) is 2. The first kappa shape index (κ1) is 24.0. The Labute approximate surface area is 231 Å². The van der Waals surface area contributed by atoms with Crippen LogP contribution in [0.2, 0.25) is 0 Å². The number of carbonyl (C=O) groups is 2. The minimum atomic E-state index is -0.281. The van der Waals surface area contributed by atoms with Gasteiger partial charge in [0.25, 0.3) is 0 Å². The van der Waals surface area contributed by atoms with E-state index in [1.807, 2.05) is 82.9 Å². The summed E-state index contributed by atoms with van der Waals surface area (Å²) in [7, 11) is 1.95. The average molecular weight is 523 g/mol. The van der Waals surface area contributed by atoms with Gasteiger partial charge in [0.05, 0.1) is 5.57 Å². The summed E-state index contributed by atoms with van der Waals surface area (Å²) < 4.78 is 3.91. The molecule has 2 heterocycles. The van der Waals surface area contributed by atoms with Crippen molar-refractivity contribution in [2.45, 2.75) is 20.8 Å². The Morgan fingerprint density at radius 2 is 1.27 bits per heavy atom. The molecule has 1 aliphatic rings. The lowest BCUT2D eigenvalue weighted by molar-refractivity contribution is 0.0990. The molecule has 4 aromatic carbocycles. The fourth-order valence-electron chi connectivity index (χ4n) is 5.97. The van der Waals surface area contributed by atoms with Crippen molar-refractivity contribution in [2.24, 2.45) is 7.05 Å². The highest BCUT2D eigenvalue weighted by molar-refractivity contribution is 6.42. The third-order valence-electron chi connectivity index (χ3n) is 7.76. The summed E-state index contributed by atoms with van der Waals surface area (Å²) in [6, 6.07) is 25.5. The fraction of sp³-hybridized carbons (Fsp3) is 0.118. The number of ketones is 2. The van der Waals surface area contributed by atoms with E-state index in [0.29, 0.717) is 28.2 Å². The third-order valence-corrected chi connectivity index (χ3v) is 7.76. The van der Waals surface area contributed by atoms with Gasteiger partial charge in [-0.2, -0.15) is 0 Å². The number of rotatable bonds is 3. The van der Waals surface area contributed by atoms with Crippen molar-refractivity contribution < 1.29 is 9.59 Å². The Hall–Kier alpha value is -5.10. The zero-order valence-electron chi connectivity index (χ0n) is 22.7. The van der Waals surface area contributed by atoms with Gasteiger partial charge in [-0.05, 0) is 73.0 Å². The summed E-state index contributed by atoms with van der Waals surface area (Å²) in [5.41, 5.74) is 7.74. The van der Waals surface area contributed by atoms with Crippen LogP contribution in [0.5, 0.6) is 0 Å². The summed E-state index contributed by atoms with van der Waals surface area (Å²) in [4.78, 5) is 37.1. The minimum absolute atomic E-state index is 0.114. The molecule has 0 amide bonds. The first-order valence-corrected chi connectivity index (χ1v) is 13.2. The van der Waals surface area contributed by atoms with Crippen LogP contribution in [-0.2, 0) is 7.05 Å². The molecule has 1 aliphatic carbocycles. The van der Waals surface area contributed by atoms with Crippen molar-refractivity contribution >= 4 is 39.7 Å². The number of hydrogen-bond donors (Lipinski definition) is 0. The summed E-state index contributed by atoms with van der Waals surface area (Å²) in [5, 5.41) is 1.86. The lowest BCUT2D eigenvalue weighted by atomic mass is 9.99. The largest absolute Gasteiger partial charge is 0.310 e. The Balaban J connectivity index is 1.44. The van der Waals surface area contributed by atoms with Gasteiger partial charge in [0.15, 0.2) is 22.9 Å². The second kappa shape index (κ2) is 8.71. The van der Waals surface area contributed by atoms with Gasteiger partial charge in [0, 0.05) is 29.4 Å². The van der Waals surface area contributed by atoms with Gasteiger partial charge in [-0.15, -0.1) is 0 Å². The number of carbonyl (C=O) groups excluding carboxylic acids is 2. The molecule has 0 aliphatic heterocycles. The number of nitrogens with zero attached hydrogens (tertiary/aromatic N) is 4. The van der Waals surface area contributed by atoms with E-state index in [0.717, 1.165) is 39.0 Å². The van der Waals surface area contributed by atoms with Gasteiger partial charge in [-0.3, -0.25) is 14.2 Å². The number of allylic oxidation sites excluding steroid dienone is 1. The van der Waals surface area contributed by atoms with Gasteiger partial charge in [0.1, 0.15) is 11.6 Å². The van der Waals surface area contributed by atoms with E-state index in [4.69, 9.17) is 9.97 Å². The van der Waals surface area contributed by atoms with Gasteiger partial charge >= 0.3 is 0 Å². The highest BCUT2D eigenvalue weighted by Gasteiger charge is 2.34. The first-order chi connectivity index (χ1) is 19.3. The quantitative estimate of drug-likeness (QED) is 0.186. The predicted molar refractivity (Wildman–Crippen MR) is 158 cm³/mol. The Bertz CT molecular complexity index is 2000. The second-order valence-corrected chi connectivity index (χ2v) is 10.5. The molecule has 7 rings (SSSR count). The number of aromatic nitrogens is 4. The molecule has 0 radical (unpaired) electrons. The van der Waals surface area contributed by atoms with Gasteiger partial charge < -0.3 is 4.57 Å². The van der Waals surface area contributed by atoms with Crippen molar-refractivity contribution in [3.05, 3.63) is 118 Å². The van der Waals surface area contributed by atoms with E-state index in [2.05, 4.69) is 32.9 Å². The maximum atomic E-state index is 13.5. The van der Waals surface area contributed by atoms with Gasteiger partial charge in [-0.25, -0.2) is 9.97 Å². The molecule has 194 valence electrons. The molecule has 2 aromatic heterocycles. The molecular formula is C34H26N4O2. The number of imidazole rings is 2. The number of aryl methyl sites for hydroxylation is 4. The van der Waals surface area contributed by atoms with Crippen LogP contribution in [0.4, 0.5) is 0 Å². The Morgan fingerprint density at radius 3 is 1.88 bits per heavy atom. The highest BCUT2D eigenvalue weighted by Crippen LogP contribution is 2.34. The molecule has 0 spiro atoms. The predicted octanol–water partition coefficient (Wildman–Crippen LogP) is 6.97. The summed E-state index contributed by atoms with van der Waals surface area (Å²) in [6.07, 6.45) is 1.62. The van der Waals surface area contributed by atoms with Crippen LogP contribution in [0.15, 0.2) is 84.4 Å². The van der Waals surface area contributed by atoms with Crippen LogP contribution in [-0.4, -0.2) is 30.7 Å². The minimum Gasteiger partial charge on any atom is -0.310 e. The Morgan fingerprint density at radius 1 is 0.700 bits per heavy atom. The second-order valence-electron chi connectivity index (χ2n) is 10.5. The summed E-state index contributed by atoms with van der Waals surface area (Å²) in [6.45, 7) is 6.29. The first-order valence-electron chi connectivity index (χ1n) is 13.2. The Kier molecular flexibility index (Phi) is 5.22. The zero-order valence-corrected chi connectivity index (χ0v) is 22.7. The molecule has 0 unspecified atom stereocenters. The molecule has 0 saturated heterocycles. The lowest BCUT2D eigenvalue weighted by Crippen LogP contribution is -2.04. The van der Waals surface area contributed by atoms with E-state index >= 15 is 0 Å². The summed E-state index contributed by atoms with van der Waals surface area (Å²) in [5.74, 6) is 0.745. The normalized spacial score (nSPS) is 13.1. The van der Waals surface area contributed by atoms with Crippen molar-refractivity contribution in [1.29, 1.82) is 0 Å². The van der Waals surface area contributed by atoms with Crippen LogP contribution >= 0.6 is 0 Å². The van der Waals surface area contributed by atoms with Crippen LogP contribution < -0.4 is 0 Å². The molecule has 0 atom stereocenters. The SMILES string of the molecule is Cc1cc(C)c(-c2nc3c(nc(C=C4C(=O)c5cc6ccccc6cc5C4=O)n3-c3ccccc3)n2C)c(C)c1. The van der Waals surface area contributed by atoms with Gasteiger partial charge in [-0.1, -0.05) is 60.2 Å². The molecule has 0 bridgehead atoms. The number of benzene rings is 4. The van der Waals surface area contributed by atoms with E-state index in [1.165, 1.54) is 5.56 Å². The molecule has 6 nitrogen and oxygen atoms in total. The van der Waals surface area contributed by atoms with E-state index in [9.17, 15) is 9.59 Å². The molecule has 0 fully saturated rings. The fourth-order valence-corrected chi connectivity index (χ4v) is 5.97. The molecule has 6 heteroatoms. The van der Waals surface area contributed by atoms with E-state index in [-0.39, 0.29) is 17.1 Å². The highest BCUT2D eigenvalue weighted by atomic mass is 16.2. The van der Waals surface area contributed by atoms with Gasteiger partial charge in [0.2, 0.25) is 0 Å². The summed E-state index contributed by atoms with van der Waals surface area (Å²) >= 11 is 0. The van der Waals surface area contributed by atoms with E-state index < -0.39 is 0 Å². The average Bonchev–Trinajstić information content (AvgIpc) is 3.52. The maximum absolute atomic E-state index is 13.5. The van der Waals surface area contributed by atoms with Crippen molar-refractivity contribution in [3.63, 3.8) is 0 Å². The smallest absolute Gasteiger partial charge is 0.197 e. The molecule has 6 aromatic rings. The number of fused-ring (bicyclic) bond motifs is 3. The third kappa shape index (κ3) is 3.49. The zero-order chi connectivity index (χ0) is 27.7. The van der Waals surface area contributed by atoms with Crippen LogP contribution in [0.25, 0.3) is 45.2 Å². The topological polar surface area (TPSA) is 69.8 Å². The monoisotopic (exact) mass is 522 g/mol. The van der Waals surface area contributed by atoms with E-state index in [1.54, 1.807) is 6.08 Å². The molecule has 0 N–H and O–H groups in total. The van der Waals surface area contributed by atoms with Crippen molar-refractivity contribution in [1.82, 2.24) is 19.1 Å². The van der Waals surface area contributed by atoms with Crippen LogP contribution in [0.3, 0.4) is 0 Å². The standard InChI is InChI=1S/C34H26N4O2/c1-19-14-20(2)29(21(3)15-19)32-36-34-33(37(32)4)35-28(38(34)24-12-6-5-7-13-24)18-27-30(39)25-16-22-10-8-9-11-23(22)17-26(25)31(27)40/h5-18H,1-4H3. The number of hydrogen-bond acceptors (Lipinski definition) is 4.